The Bertz CT molecular complexity index is 555. The van der Waals surface area contributed by atoms with Gasteiger partial charge in [-0.25, -0.2) is 13.6 Å². The first-order valence-corrected chi connectivity index (χ1v) is 5.14. The largest absolute Gasteiger partial charge is 0.417 e. The van der Waals surface area contributed by atoms with E-state index in [1.165, 1.54) is 30.3 Å². The fourth-order valence-corrected chi connectivity index (χ4v) is 1.31. The molecule has 0 aliphatic carbocycles. The summed E-state index contributed by atoms with van der Waals surface area (Å²) < 4.78 is 30.7. The van der Waals surface area contributed by atoms with Crippen LogP contribution < -0.4 is 10.1 Å². The van der Waals surface area contributed by atoms with Crippen molar-refractivity contribution in [1.82, 2.24) is 0 Å². The van der Waals surface area contributed by atoms with Gasteiger partial charge in [0.25, 0.3) is 0 Å². The van der Waals surface area contributed by atoms with Crippen LogP contribution in [-0.4, -0.2) is 6.09 Å². The zero-order chi connectivity index (χ0) is 13.0. The summed E-state index contributed by atoms with van der Waals surface area (Å²) in [6.07, 6.45) is -0.841. The van der Waals surface area contributed by atoms with Crippen molar-refractivity contribution in [2.75, 3.05) is 5.32 Å². The van der Waals surface area contributed by atoms with Gasteiger partial charge in [0.1, 0.15) is 17.4 Å². The van der Waals surface area contributed by atoms with Gasteiger partial charge >= 0.3 is 6.09 Å². The van der Waals surface area contributed by atoms with E-state index in [4.69, 9.17) is 4.74 Å². The number of para-hydroxylation sites is 1. The van der Waals surface area contributed by atoms with Gasteiger partial charge in [0.2, 0.25) is 0 Å². The minimum Gasteiger partial charge on any atom is -0.410 e. The Labute approximate surface area is 102 Å². The number of benzene rings is 2. The molecule has 0 spiro atoms. The molecule has 0 aromatic heterocycles. The predicted octanol–water partition coefficient (Wildman–Crippen LogP) is 3.58. The fraction of sp³-hybridized carbons (Fsp3) is 0. The van der Waals surface area contributed by atoms with Crippen LogP contribution in [0.5, 0.6) is 5.75 Å². The molecule has 0 fully saturated rings. The van der Waals surface area contributed by atoms with Crippen LogP contribution in [0.15, 0.2) is 48.5 Å². The molecule has 0 unspecified atom stereocenters. The molecule has 0 atom stereocenters. The van der Waals surface area contributed by atoms with Crippen LogP contribution in [0.1, 0.15) is 0 Å². The molecule has 0 heterocycles. The molecule has 0 aliphatic heterocycles. The van der Waals surface area contributed by atoms with E-state index < -0.39 is 17.7 Å². The second kappa shape index (κ2) is 5.27. The second-order valence-corrected chi connectivity index (χ2v) is 3.45. The standard InChI is InChI=1S/C13H9F2NO2/c14-9-5-7-10(8-6-9)18-13(17)16-12-4-2-1-3-11(12)15/h1-8H,(H,16,17). The molecule has 5 heteroatoms. The number of carbonyl (C=O) groups excluding carboxylic acids is 1. The number of rotatable bonds is 2. The molecule has 1 amide bonds. The van der Waals surface area contributed by atoms with E-state index in [1.807, 2.05) is 0 Å². The summed E-state index contributed by atoms with van der Waals surface area (Å²) in [5, 5.41) is 2.24. The average Bonchev–Trinajstić information content (AvgIpc) is 2.35. The normalized spacial score (nSPS) is 9.89. The van der Waals surface area contributed by atoms with Crippen molar-refractivity contribution in [3.63, 3.8) is 0 Å². The summed E-state index contributed by atoms with van der Waals surface area (Å²) >= 11 is 0. The van der Waals surface area contributed by atoms with Gasteiger partial charge in [0.15, 0.2) is 0 Å². The van der Waals surface area contributed by atoms with E-state index in [9.17, 15) is 13.6 Å². The minimum absolute atomic E-state index is 0.0182. The molecule has 0 aliphatic rings. The zero-order valence-corrected chi connectivity index (χ0v) is 9.19. The number of anilines is 1. The summed E-state index contributed by atoms with van der Waals surface area (Å²) in [5.41, 5.74) is 0.0182. The molecule has 2 aromatic rings. The number of carbonyl (C=O) groups is 1. The molecule has 18 heavy (non-hydrogen) atoms. The molecule has 2 aromatic carbocycles. The van der Waals surface area contributed by atoms with Crippen LogP contribution in [0.4, 0.5) is 19.3 Å². The molecular formula is C13H9F2NO2. The number of nitrogens with one attached hydrogen (secondary N) is 1. The highest BCUT2D eigenvalue weighted by Gasteiger charge is 2.08. The Morgan fingerprint density at radius 3 is 2.33 bits per heavy atom. The maximum atomic E-state index is 13.2. The average molecular weight is 249 g/mol. The Hall–Kier alpha value is -2.43. The maximum Gasteiger partial charge on any atom is 0.417 e. The first-order chi connectivity index (χ1) is 8.65. The lowest BCUT2D eigenvalue weighted by Crippen LogP contribution is -2.17. The van der Waals surface area contributed by atoms with Crippen LogP contribution in [0.2, 0.25) is 0 Å². The SMILES string of the molecule is O=C(Nc1ccccc1F)Oc1ccc(F)cc1. The number of amides is 1. The number of hydrogen-bond donors (Lipinski definition) is 1. The fourth-order valence-electron chi connectivity index (χ4n) is 1.31. The van der Waals surface area contributed by atoms with Gasteiger partial charge in [-0.05, 0) is 36.4 Å². The summed E-state index contributed by atoms with van der Waals surface area (Å²) in [6, 6.07) is 10.6. The van der Waals surface area contributed by atoms with Crippen molar-refractivity contribution in [2.45, 2.75) is 0 Å². The third-order valence-electron chi connectivity index (χ3n) is 2.13. The van der Waals surface area contributed by atoms with Gasteiger partial charge < -0.3 is 4.74 Å². The highest BCUT2D eigenvalue weighted by atomic mass is 19.1. The molecule has 0 saturated heterocycles. The van der Waals surface area contributed by atoms with E-state index in [0.29, 0.717) is 0 Å². The van der Waals surface area contributed by atoms with Gasteiger partial charge in [0.05, 0.1) is 5.69 Å². The van der Waals surface area contributed by atoms with Crippen molar-refractivity contribution < 1.29 is 18.3 Å². The van der Waals surface area contributed by atoms with Gasteiger partial charge in [0, 0.05) is 0 Å². The van der Waals surface area contributed by atoms with E-state index >= 15 is 0 Å². The highest BCUT2D eigenvalue weighted by Crippen LogP contribution is 2.15. The van der Waals surface area contributed by atoms with Crippen molar-refractivity contribution in [3.8, 4) is 5.75 Å². The Morgan fingerprint density at radius 2 is 1.67 bits per heavy atom. The van der Waals surface area contributed by atoms with E-state index in [1.54, 1.807) is 6.07 Å². The molecule has 0 bridgehead atoms. The summed E-state index contributed by atoms with van der Waals surface area (Å²) in [6.45, 7) is 0. The summed E-state index contributed by atoms with van der Waals surface area (Å²) in [7, 11) is 0. The molecular weight excluding hydrogens is 240 g/mol. The first-order valence-electron chi connectivity index (χ1n) is 5.14. The van der Waals surface area contributed by atoms with Crippen LogP contribution in [0.3, 0.4) is 0 Å². The van der Waals surface area contributed by atoms with Gasteiger partial charge in [-0.1, -0.05) is 12.1 Å². The van der Waals surface area contributed by atoms with E-state index in [-0.39, 0.29) is 11.4 Å². The Balaban J connectivity index is 2.01. The van der Waals surface area contributed by atoms with Crippen LogP contribution >= 0.6 is 0 Å². The number of ether oxygens (including phenoxy) is 1. The lowest BCUT2D eigenvalue weighted by molar-refractivity contribution is 0.215. The van der Waals surface area contributed by atoms with E-state index in [0.717, 1.165) is 12.1 Å². The third-order valence-corrected chi connectivity index (χ3v) is 2.13. The smallest absolute Gasteiger partial charge is 0.410 e. The maximum absolute atomic E-state index is 13.2. The second-order valence-electron chi connectivity index (χ2n) is 3.45. The lowest BCUT2D eigenvalue weighted by atomic mass is 10.3. The van der Waals surface area contributed by atoms with Gasteiger partial charge in [-0.2, -0.15) is 0 Å². The van der Waals surface area contributed by atoms with Crippen LogP contribution in [0, 0.1) is 11.6 Å². The topological polar surface area (TPSA) is 38.3 Å². The highest BCUT2D eigenvalue weighted by molar-refractivity contribution is 5.86. The van der Waals surface area contributed by atoms with Gasteiger partial charge in [-0.15, -0.1) is 0 Å². The van der Waals surface area contributed by atoms with E-state index in [2.05, 4.69) is 5.32 Å². The van der Waals surface area contributed by atoms with Crippen molar-refractivity contribution >= 4 is 11.8 Å². The summed E-state index contributed by atoms with van der Waals surface area (Å²) in [5.74, 6) is -0.823. The molecule has 2 rings (SSSR count). The first kappa shape index (κ1) is 12.0. The molecule has 1 N–H and O–H groups in total. The van der Waals surface area contributed by atoms with Gasteiger partial charge in [-0.3, -0.25) is 5.32 Å². The number of halogens is 2. The summed E-state index contributed by atoms with van der Waals surface area (Å²) in [4.78, 5) is 11.4. The zero-order valence-electron chi connectivity index (χ0n) is 9.19. The molecule has 0 saturated carbocycles. The molecule has 0 radical (unpaired) electrons. The monoisotopic (exact) mass is 249 g/mol. The van der Waals surface area contributed by atoms with Crippen molar-refractivity contribution in [1.29, 1.82) is 0 Å². The number of hydrogen-bond acceptors (Lipinski definition) is 2. The predicted molar refractivity (Wildman–Crippen MR) is 62.4 cm³/mol. The van der Waals surface area contributed by atoms with Crippen LogP contribution in [0.25, 0.3) is 0 Å². The molecule has 92 valence electrons. The van der Waals surface area contributed by atoms with Crippen molar-refractivity contribution in [2.24, 2.45) is 0 Å². The minimum atomic E-state index is -0.841. The quantitative estimate of drug-likeness (QED) is 0.883. The molecule has 3 nitrogen and oxygen atoms in total. The Kier molecular flexibility index (Phi) is 3.52. The lowest BCUT2D eigenvalue weighted by Gasteiger charge is -2.07. The van der Waals surface area contributed by atoms with Crippen molar-refractivity contribution in [3.05, 3.63) is 60.2 Å². The van der Waals surface area contributed by atoms with Crippen LogP contribution in [-0.2, 0) is 0 Å². The Morgan fingerprint density at radius 1 is 1.00 bits per heavy atom. The third kappa shape index (κ3) is 3.04.